The van der Waals surface area contributed by atoms with Gasteiger partial charge in [-0.2, -0.15) is 0 Å². The quantitative estimate of drug-likeness (QED) is 0.715. The molecule has 2 aromatic rings. The van der Waals surface area contributed by atoms with Crippen LogP contribution >= 0.6 is 11.3 Å². The van der Waals surface area contributed by atoms with Crippen molar-refractivity contribution in [2.45, 2.75) is 43.8 Å². The van der Waals surface area contributed by atoms with Gasteiger partial charge in [0.15, 0.2) is 0 Å². The SMILES string of the molecule is Fc1ccc([C@@H]2O[C@@H]3CCCC[C@@H]3c3sccc32)cc1. The van der Waals surface area contributed by atoms with Crippen LogP contribution in [0, 0.1) is 5.82 Å². The van der Waals surface area contributed by atoms with Gasteiger partial charge in [-0.15, -0.1) is 11.3 Å². The molecule has 0 unspecified atom stereocenters. The van der Waals surface area contributed by atoms with Crippen LogP contribution in [0.3, 0.4) is 0 Å². The van der Waals surface area contributed by atoms with Crippen LogP contribution in [0.1, 0.15) is 53.7 Å². The Hall–Kier alpha value is -1.19. The van der Waals surface area contributed by atoms with Gasteiger partial charge in [-0.05, 0) is 47.5 Å². The summed E-state index contributed by atoms with van der Waals surface area (Å²) < 4.78 is 19.5. The number of hydrogen-bond acceptors (Lipinski definition) is 2. The van der Waals surface area contributed by atoms with Crippen LogP contribution in [0.15, 0.2) is 35.7 Å². The Labute approximate surface area is 122 Å². The van der Waals surface area contributed by atoms with E-state index in [9.17, 15) is 4.39 Å². The van der Waals surface area contributed by atoms with Crippen molar-refractivity contribution >= 4 is 11.3 Å². The molecule has 1 aromatic heterocycles. The molecule has 1 aliphatic carbocycles. The second-order valence-corrected chi connectivity index (χ2v) is 6.68. The van der Waals surface area contributed by atoms with E-state index in [4.69, 9.17) is 4.74 Å². The zero-order valence-electron chi connectivity index (χ0n) is 11.2. The predicted molar refractivity (Wildman–Crippen MR) is 78.6 cm³/mol. The van der Waals surface area contributed by atoms with E-state index >= 15 is 0 Å². The average Bonchev–Trinajstić information content (AvgIpc) is 2.97. The van der Waals surface area contributed by atoms with Crippen molar-refractivity contribution in [1.29, 1.82) is 0 Å². The maximum atomic E-state index is 13.1. The summed E-state index contributed by atoms with van der Waals surface area (Å²) in [5.41, 5.74) is 2.36. The summed E-state index contributed by atoms with van der Waals surface area (Å²) in [5.74, 6) is 0.390. The third-order valence-corrected chi connectivity index (χ3v) is 5.60. The molecule has 0 spiro atoms. The van der Waals surface area contributed by atoms with E-state index in [-0.39, 0.29) is 11.9 Å². The number of hydrogen-bond donors (Lipinski definition) is 0. The van der Waals surface area contributed by atoms with Gasteiger partial charge in [0.05, 0.1) is 6.10 Å². The largest absolute Gasteiger partial charge is 0.365 e. The summed E-state index contributed by atoms with van der Waals surface area (Å²) in [7, 11) is 0. The van der Waals surface area contributed by atoms with Gasteiger partial charge in [0.2, 0.25) is 0 Å². The Bertz CT molecular complexity index is 604. The fraction of sp³-hybridized carbons (Fsp3) is 0.412. The molecule has 4 rings (SSSR count). The summed E-state index contributed by atoms with van der Waals surface area (Å²) >= 11 is 1.86. The second-order valence-electron chi connectivity index (χ2n) is 5.74. The number of fused-ring (bicyclic) bond motifs is 3. The van der Waals surface area contributed by atoms with Gasteiger partial charge in [0.1, 0.15) is 11.9 Å². The maximum Gasteiger partial charge on any atom is 0.123 e. The molecule has 0 radical (unpaired) electrons. The van der Waals surface area contributed by atoms with Crippen LogP contribution < -0.4 is 0 Å². The Morgan fingerprint density at radius 2 is 1.85 bits per heavy atom. The molecule has 3 heteroatoms. The molecule has 2 heterocycles. The molecule has 3 atom stereocenters. The lowest BCUT2D eigenvalue weighted by atomic mass is 9.80. The van der Waals surface area contributed by atoms with Gasteiger partial charge in [-0.3, -0.25) is 0 Å². The van der Waals surface area contributed by atoms with E-state index in [1.807, 2.05) is 23.5 Å². The molecular weight excluding hydrogens is 271 g/mol. The van der Waals surface area contributed by atoms with Gasteiger partial charge >= 0.3 is 0 Å². The number of ether oxygens (including phenoxy) is 1. The first-order valence-electron chi connectivity index (χ1n) is 7.31. The minimum Gasteiger partial charge on any atom is -0.365 e. The molecule has 0 bridgehead atoms. The zero-order valence-corrected chi connectivity index (χ0v) is 12.0. The molecule has 104 valence electrons. The van der Waals surface area contributed by atoms with E-state index in [1.165, 1.54) is 41.8 Å². The van der Waals surface area contributed by atoms with Gasteiger partial charge in [0, 0.05) is 10.8 Å². The highest BCUT2D eigenvalue weighted by molar-refractivity contribution is 7.10. The fourth-order valence-corrected chi connectivity index (χ4v) is 4.67. The maximum absolute atomic E-state index is 13.1. The van der Waals surface area contributed by atoms with Crippen molar-refractivity contribution in [3.63, 3.8) is 0 Å². The Kier molecular flexibility index (Phi) is 3.12. The van der Waals surface area contributed by atoms with Gasteiger partial charge < -0.3 is 4.74 Å². The molecule has 1 fully saturated rings. The molecule has 0 N–H and O–H groups in total. The molecule has 1 aliphatic heterocycles. The minimum absolute atomic E-state index is 0.0174. The Balaban J connectivity index is 1.75. The van der Waals surface area contributed by atoms with E-state index in [0.717, 1.165) is 12.0 Å². The number of benzene rings is 1. The first-order valence-corrected chi connectivity index (χ1v) is 8.19. The lowest BCUT2D eigenvalue weighted by Crippen LogP contribution is -2.32. The second kappa shape index (κ2) is 4.97. The lowest BCUT2D eigenvalue weighted by molar-refractivity contribution is -0.0374. The zero-order chi connectivity index (χ0) is 13.5. The summed E-state index contributed by atoms with van der Waals surface area (Å²) in [4.78, 5) is 1.50. The summed E-state index contributed by atoms with van der Waals surface area (Å²) in [6.45, 7) is 0. The lowest BCUT2D eigenvalue weighted by Gasteiger charge is -2.39. The van der Waals surface area contributed by atoms with Crippen LogP contribution in [-0.4, -0.2) is 6.10 Å². The molecule has 0 amide bonds. The molecule has 1 nitrogen and oxygen atoms in total. The topological polar surface area (TPSA) is 9.23 Å². The smallest absolute Gasteiger partial charge is 0.123 e. The molecule has 2 aliphatic rings. The summed E-state index contributed by atoms with van der Waals surface area (Å²) in [5, 5.41) is 2.17. The first-order chi connectivity index (χ1) is 9.83. The molecule has 0 saturated heterocycles. The van der Waals surface area contributed by atoms with E-state index in [2.05, 4.69) is 11.4 Å². The molecule has 1 saturated carbocycles. The van der Waals surface area contributed by atoms with Crippen molar-refractivity contribution < 1.29 is 9.13 Å². The third kappa shape index (κ3) is 2.00. The highest BCUT2D eigenvalue weighted by atomic mass is 32.1. The minimum atomic E-state index is -0.189. The molecule has 1 aromatic carbocycles. The van der Waals surface area contributed by atoms with Crippen LogP contribution in [0.25, 0.3) is 0 Å². The average molecular weight is 288 g/mol. The van der Waals surface area contributed by atoms with Crippen molar-refractivity contribution in [2.24, 2.45) is 0 Å². The monoisotopic (exact) mass is 288 g/mol. The summed E-state index contributed by atoms with van der Waals surface area (Å²) in [6.07, 6.45) is 5.29. The van der Waals surface area contributed by atoms with E-state index in [0.29, 0.717) is 12.0 Å². The van der Waals surface area contributed by atoms with Crippen molar-refractivity contribution in [2.75, 3.05) is 0 Å². The number of rotatable bonds is 1. The Morgan fingerprint density at radius 3 is 2.70 bits per heavy atom. The van der Waals surface area contributed by atoms with Gasteiger partial charge in [-0.1, -0.05) is 25.0 Å². The fourth-order valence-electron chi connectivity index (χ4n) is 3.55. The third-order valence-electron chi connectivity index (χ3n) is 4.53. The van der Waals surface area contributed by atoms with Crippen LogP contribution in [0.5, 0.6) is 0 Å². The van der Waals surface area contributed by atoms with Crippen molar-refractivity contribution in [1.82, 2.24) is 0 Å². The highest BCUT2D eigenvalue weighted by Gasteiger charge is 2.38. The Morgan fingerprint density at radius 1 is 1.05 bits per heavy atom. The van der Waals surface area contributed by atoms with Crippen molar-refractivity contribution in [3.05, 3.63) is 57.5 Å². The van der Waals surface area contributed by atoms with Gasteiger partial charge in [0.25, 0.3) is 0 Å². The van der Waals surface area contributed by atoms with Crippen LogP contribution in [-0.2, 0) is 4.74 Å². The highest BCUT2D eigenvalue weighted by Crippen LogP contribution is 2.48. The van der Waals surface area contributed by atoms with Crippen LogP contribution in [0.4, 0.5) is 4.39 Å². The standard InChI is InChI=1S/C17H17FOS/c18-12-7-5-11(6-8-12)16-14-9-10-20-17(14)13-3-1-2-4-15(13)19-16/h5-10,13,15-16H,1-4H2/t13-,15+,16-/m0/s1. The number of thiophene rings is 1. The van der Waals surface area contributed by atoms with Crippen LogP contribution in [0.2, 0.25) is 0 Å². The normalized spacial score (nSPS) is 28.8. The van der Waals surface area contributed by atoms with E-state index in [1.54, 1.807) is 0 Å². The predicted octanol–water partition coefficient (Wildman–Crippen LogP) is 5.03. The van der Waals surface area contributed by atoms with Gasteiger partial charge in [-0.25, -0.2) is 4.39 Å². The van der Waals surface area contributed by atoms with Crippen molar-refractivity contribution in [3.8, 4) is 0 Å². The number of halogens is 1. The molecular formula is C17H17FOS. The molecule has 20 heavy (non-hydrogen) atoms. The summed E-state index contributed by atoms with van der Waals surface area (Å²) in [6, 6.07) is 8.93. The first kappa shape index (κ1) is 12.5. The van der Waals surface area contributed by atoms with E-state index < -0.39 is 0 Å².